The molecule has 0 saturated carbocycles. The molecule has 8 nitrogen and oxygen atoms in total. The summed E-state index contributed by atoms with van der Waals surface area (Å²) in [5.74, 6) is 4.02. The third kappa shape index (κ3) is 4.09. The van der Waals surface area contributed by atoms with Gasteiger partial charge in [-0.25, -0.2) is 0 Å². The summed E-state index contributed by atoms with van der Waals surface area (Å²) in [5, 5.41) is 23.2. The van der Waals surface area contributed by atoms with Crippen LogP contribution >= 0.6 is 0 Å². The van der Waals surface area contributed by atoms with Gasteiger partial charge in [-0.05, 0) is 183 Å². The van der Waals surface area contributed by atoms with Gasteiger partial charge in [-0.2, -0.15) is 9.13 Å². The number of aliphatic imine (C=N–C) groups is 2. The van der Waals surface area contributed by atoms with Gasteiger partial charge in [0.2, 0.25) is 22.6 Å². The zero-order chi connectivity index (χ0) is 46.7. The van der Waals surface area contributed by atoms with Crippen LogP contribution in [0, 0.1) is 0 Å². The molecule has 73 heavy (non-hydrogen) atoms. The van der Waals surface area contributed by atoms with Crippen molar-refractivity contribution in [2.75, 3.05) is 0 Å². The number of nitrogens with zero attached hydrogens (tertiary/aromatic N) is 8. The Labute approximate surface area is 412 Å². The van der Waals surface area contributed by atoms with Crippen LogP contribution in [0.25, 0.3) is 108 Å². The van der Waals surface area contributed by atoms with Crippen LogP contribution in [0.4, 0.5) is 11.6 Å². The number of rotatable bonds is 0. The summed E-state index contributed by atoms with van der Waals surface area (Å²) < 4.78 is 9.75. The van der Waals surface area contributed by atoms with Crippen molar-refractivity contribution >= 4 is 143 Å². The van der Waals surface area contributed by atoms with E-state index in [1.54, 1.807) is 0 Å². The van der Waals surface area contributed by atoms with Crippen LogP contribution in [-0.4, -0.2) is 41.6 Å². The molecule has 6 aliphatic rings. The normalized spacial score (nSPS) is 16.1. The van der Waals surface area contributed by atoms with E-state index < -0.39 is 5.91 Å². The molecule has 330 valence electrons. The van der Waals surface area contributed by atoms with Gasteiger partial charge < -0.3 is 0 Å². The summed E-state index contributed by atoms with van der Waals surface area (Å²) in [6, 6.07) is 72.0. The van der Waals surface area contributed by atoms with E-state index in [1.807, 2.05) is 0 Å². The Bertz CT molecular complexity index is 5180. The minimum absolute atomic E-state index is 0.863. The van der Waals surface area contributed by atoms with Crippen molar-refractivity contribution < 1.29 is 9.15 Å². The van der Waals surface area contributed by atoms with Crippen LogP contribution in [0.2, 0.25) is 0 Å². The number of benzene rings is 12. The van der Waals surface area contributed by atoms with Crippen LogP contribution in [0.3, 0.4) is 0 Å². The van der Waals surface area contributed by atoms with Crippen molar-refractivity contribution in [2.45, 2.75) is 5.91 Å². The molecule has 0 radical (unpaired) electrons. The Hall–Kier alpha value is -9.92. The molecule has 1 spiro atoms. The Morgan fingerprint density at radius 1 is 0.274 bits per heavy atom. The van der Waals surface area contributed by atoms with Crippen LogP contribution < -0.4 is 11.0 Å². The van der Waals surface area contributed by atoms with Gasteiger partial charge in [0, 0.05) is 21.5 Å². The highest BCUT2D eigenvalue weighted by molar-refractivity contribution is 6.24. The number of fused-ring (bicyclic) bond motifs is 20. The van der Waals surface area contributed by atoms with Gasteiger partial charge in [-0.1, -0.05) is 117 Å². The zero-order valence-electron chi connectivity index (χ0n) is 38.6. The van der Waals surface area contributed by atoms with E-state index in [9.17, 15) is 0 Å². The summed E-state index contributed by atoms with van der Waals surface area (Å²) in [4.78, 5) is 23.6. The second kappa shape index (κ2) is 11.8. The molecule has 0 N–H and O–H groups in total. The predicted octanol–water partition coefficient (Wildman–Crippen LogP) is 12.9. The minimum atomic E-state index is -1.16. The van der Waals surface area contributed by atoms with Gasteiger partial charge in [0.25, 0.3) is 23.3 Å². The van der Waals surface area contributed by atoms with Crippen molar-refractivity contribution in [3.63, 3.8) is 0 Å². The molecular weight excluding hydrogens is 893 g/mol. The highest BCUT2D eigenvalue weighted by Crippen LogP contribution is 2.54. The maximum absolute atomic E-state index is 5.91. The molecule has 8 heteroatoms. The Kier molecular flexibility index (Phi) is 5.83. The summed E-state index contributed by atoms with van der Waals surface area (Å²) in [7, 11) is 0. The average molecular weight is 925 g/mol. The van der Waals surface area contributed by atoms with Crippen LogP contribution in [0.15, 0.2) is 214 Å². The van der Waals surface area contributed by atoms with E-state index in [0.717, 1.165) is 133 Å². The number of amidine groups is 4. The molecule has 6 aliphatic heterocycles. The molecule has 0 amide bonds. The lowest BCUT2D eigenvalue weighted by Gasteiger charge is -2.40. The summed E-state index contributed by atoms with van der Waals surface area (Å²) in [6.07, 6.45) is 0. The van der Waals surface area contributed by atoms with Crippen molar-refractivity contribution in [3.8, 4) is 0 Å². The largest absolute Gasteiger partial charge is 0.404 e. The first-order valence-electron chi connectivity index (χ1n) is 25.0. The minimum Gasteiger partial charge on any atom is -0.192 e. The first-order valence-corrected chi connectivity index (χ1v) is 25.0. The lowest BCUT2D eigenvalue weighted by atomic mass is 9.98. The monoisotopic (exact) mass is 924 g/mol. The fourth-order valence-corrected chi connectivity index (χ4v) is 13.8. The lowest BCUT2D eigenvalue weighted by Crippen LogP contribution is -2.71. The lowest BCUT2D eigenvalue weighted by molar-refractivity contribution is -0.790. The molecule has 0 unspecified atom stereocenters. The van der Waals surface area contributed by atoms with Gasteiger partial charge in [0.1, 0.15) is 0 Å². The van der Waals surface area contributed by atoms with Gasteiger partial charge in [-0.15, -0.1) is 9.15 Å². The molecule has 2 aromatic heterocycles. The number of aromatic nitrogens is 2. The van der Waals surface area contributed by atoms with E-state index in [-0.39, 0.29) is 0 Å². The quantitative estimate of drug-likeness (QED) is 0.107. The smallest absolute Gasteiger partial charge is 0.192 e. The maximum atomic E-state index is 5.91. The number of hydrogen-bond donors (Lipinski definition) is 0. The fraction of sp³-hybridized carbons (Fsp3) is 0.0154. The maximum Gasteiger partial charge on any atom is 0.404 e. The van der Waals surface area contributed by atoms with Crippen LogP contribution in [-0.2, 0) is 5.91 Å². The van der Waals surface area contributed by atoms with E-state index >= 15 is 0 Å². The SMILES string of the molecule is c1ccc2cc3cc4c(cc3cc2c1)C1=Nc2c3cc5cc6ccccc6cc5cc3c3n2C25n6c(c7cc8cc9ccccc9cc8cc7c6=NC6=[N+]2C(=N3)c2cc3cc7ccccc7cc3cc26)=NC4=[N+]15. The molecule has 8 heterocycles. The third-order valence-electron chi connectivity index (χ3n) is 17.0. The molecule has 12 aromatic carbocycles. The van der Waals surface area contributed by atoms with Crippen molar-refractivity contribution in [1.82, 2.24) is 9.13 Å². The van der Waals surface area contributed by atoms with Crippen LogP contribution in [0.5, 0.6) is 0 Å². The fourth-order valence-electron chi connectivity index (χ4n) is 13.8. The third-order valence-corrected chi connectivity index (χ3v) is 17.0. The first-order chi connectivity index (χ1) is 36.1. The van der Waals surface area contributed by atoms with Gasteiger partial charge in [-0.3, -0.25) is 0 Å². The molecule has 0 bridgehead atoms. The van der Waals surface area contributed by atoms with E-state index in [0.29, 0.717) is 0 Å². The topological polar surface area (TPSA) is 65.3 Å². The van der Waals surface area contributed by atoms with Gasteiger partial charge in [0.15, 0.2) is 0 Å². The predicted molar refractivity (Wildman–Crippen MR) is 294 cm³/mol. The second-order valence-electron chi connectivity index (χ2n) is 20.8. The Balaban J connectivity index is 1.01. The summed E-state index contributed by atoms with van der Waals surface area (Å²) in [5.41, 5.74) is 5.95. The molecular formula is C65H32N8+2. The number of hydrogen-bond acceptors (Lipinski definition) is 4. The highest BCUT2D eigenvalue weighted by atomic mass is 15.7. The van der Waals surface area contributed by atoms with Crippen molar-refractivity contribution in [1.29, 1.82) is 0 Å². The molecule has 0 fully saturated rings. The zero-order valence-corrected chi connectivity index (χ0v) is 38.6. The van der Waals surface area contributed by atoms with E-state index in [2.05, 4.69) is 212 Å². The van der Waals surface area contributed by atoms with Crippen molar-refractivity contribution in [2.24, 2.45) is 20.0 Å². The molecule has 0 atom stereocenters. The molecule has 14 aromatic rings. The Morgan fingerprint density at radius 3 is 0.890 bits per heavy atom. The second-order valence-corrected chi connectivity index (χ2v) is 20.8. The summed E-state index contributed by atoms with van der Waals surface area (Å²) in [6.45, 7) is 0. The standard InChI is InChI=1S/C65H32N8/c1-2-10-34-18-42-26-50-49(25-41(42)17-33(34)9-1)57-66-59-51-27-43-19-35-11-3-4-12-36(35)20-44(43)28-52(51)61-68-63-55-31-47-23-39-15-7-8-16-40(39)24-48(47)32-56(55)64-69-62-54-30-46-22-38-14-6-5-13-37(38)21-45(46)29-53(54)60-67-58(50)70(57)65(71(59)61,72(60)62)73(63)64/h1-32H/q+2. The van der Waals surface area contributed by atoms with E-state index in [1.165, 1.54) is 43.1 Å². The molecule has 0 saturated heterocycles. The van der Waals surface area contributed by atoms with Gasteiger partial charge in [0.05, 0.1) is 22.3 Å². The Morgan fingerprint density at radius 2 is 0.562 bits per heavy atom. The highest BCUT2D eigenvalue weighted by Gasteiger charge is 2.69. The molecule has 20 rings (SSSR count). The van der Waals surface area contributed by atoms with Crippen LogP contribution in [0.1, 0.15) is 22.3 Å². The van der Waals surface area contributed by atoms with E-state index in [4.69, 9.17) is 20.0 Å². The van der Waals surface area contributed by atoms with Crippen molar-refractivity contribution in [3.05, 3.63) is 227 Å². The average Bonchev–Trinajstić information content (AvgIpc) is 4.14. The molecule has 0 aliphatic carbocycles. The first kappa shape index (κ1) is 36.1. The van der Waals surface area contributed by atoms with Gasteiger partial charge >= 0.3 is 5.91 Å². The summed E-state index contributed by atoms with van der Waals surface area (Å²) >= 11 is 0.